The van der Waals surface area contributed by atoms with Gasteiger partial charge >= 0.3 is 6.01 Å². The van der Waals surface area contributed by atoms with E-state index < -0.39 is 11.7 Å². The highest BCUT2D eigenvalue weighted by atomic mass is 19.1. The third-order valence-electron chi connectivity index (χ3n) is 2.27. The van der Waals surface area contributed by atoms with E-state index in [0.717, 1.165) is 6.07 Å². The van der Waals surface area contributed by atoms with Crippen molar-refractivity contribution in [2.24, 2.45) is 0 Å². The fraction of sp³-hybridized carbons (Fsp3) is 0.154. The number of nitrogens with zero attached hydrogens (tertiary/aromatic N) is 2. The summed E-state index contributed by atoms with van der Waals surface area (Å²) in [4.78, 5) is 11.8. The summed E-state index contributed by atoms with van der Waals surface area (Å²) in [5.41, 5.74) is 0.192. The highest BCUT2D eigenvalue weighted by Crippen LogP contribution is 2.12. The Hall–Kier alpha value is -2.72. The molecule has 0 saturated carbocycles. The first-order valence-electron chi connectivity index (χ1n) is 5.61. The monoisotopic (exact) mass is 275 g/mol. The molecule has 0 bridgehead atoms. The van der Waals surface area contributed by atoms with Crippen LogP contribution >= 0.6 is 0 Å². The van der Waals surface area contributed by atoms with Crippen molar-refractivity contribution >= 4 is 11.9 Å². The Labute approximate surface area is 113 Å². The van der Waals surface area contributed by atoms with Crippen molar-refractivity contribution in [1.29, 1.82) is 0 Å². The first-order valence-corrected chi connectivity index (χ1v) is 5.61. The molecule has 0 saturated heterocycles. The average Bonchev–Trinajstić information content (AvgIpc) is 2.81. The third kappa shape index (κ3) is 3.18. The van der Waals surface area contributed by atoms with Crippen molar-refractivity contribution in [3.8, 4) is 11.8 Å². The molecule has 102 valence electrons. The zero-order valence-corrected chi connectivity index (χ0v) is 10.5. The summed E-state index contributed by atoms with van der Waals surface area (Å²) in [6.07, 6.45) is 0. The average molecular weight is 275 g/mol. The number of amides is 1. The summed E-state index contributed by atoms with van der Waals surface area (Å²) in [7, 11) is 0. The Kier molecular flexibility index (Phi) is 4.08. The Morgan fingerprint density at radius 1 is 1.50 bits per heavy atom. The maximum Gasteiger partial charge on any atom is 0.322 e. The van der Waals surface area contributed by atoms with Crippen LogP contribution in [0.2, 0.25) is 0 Å². The van der Waals surface area contributed by atoms with Gasteiger partial charge in [0.1, 0.15) is 12.4 Å². The summed E-state index contributed by atoms with van der Waals surface area (Å²) in [6.45, 7) is 1.25. The molecule has 0 aliphatic heterocycles. The smallest absolute Gasteiger partial charge is 0.322 e. The number of benzene rings is 1. The number of hydrogen-bond donors (Lipinski definition) is 2. The van der Waals surface area contributed by atoms with Gasteiger partial charge in [0.05, 0.1) is 5.56 Å². The van der Waals surface area contributed by atoms with Gasteiger partial charge in [-0.3, -0.25) is 10.1 Å². The van der Waals surface area contributed by atoms with Gasteiger partial charge in [-0.2, -0.15) is 0 Å². The van der Waals surface area contributed by atoms with Crippen LogP contribution in [0.1, 0.15) is 21.8 Å². The predicted molar refractivity (Wildman–Crippen MR) is 67.4 cm³/mol. The second kappa shape index (κ2) is 5.95. The van der Waals surface area contributed by atoms with E-state index in [1.165, 1.54) is 12.1 Å². The first-order chi connectivity index (χ1) is 9.60. The van der Waals surface area contributed by atoms with Crippen LogP contribution in [0.3, 0.4) is 0 Å². The van der Waals surface area contributed by atoms with E-state index >= 15 is 0 Å². The molecular formula is C13H10FN3O3. The molecule has 20 heavy (non-hydrogen) atoms. The van der Waals surface area contributed by atoms with Crippen molar-refractivity contribution < 1.29 is 18.7 Å². The first kappa shape index (κ1) is 13.7. The van der Waals surface area contributed by atoms with Gasteiger partial charge in [0.2, 0.25) is 5.89 Å². The number of halogens is 1. The van der Waals surface area contributed by atoms with Crippen LogP contribution in [0.5, 0.6) is 0 Å². The fourth-order valence-corrected chi connectivity index (χ4v) is 1.43. The molecule has 0 aliphatic carbocycles. The molecule has 6 nitrogen and oxygen atoms in total. The molecule has 1 heterocycles. The lowest BCUT2D eigenvalue weighted by atomic mass is 10.1. The van der Waals surface area contributed by atoms with Crippen LogP contribution in [0, 0.1) is 24.6 Å². The zero-order chi connectivity index (χ0) is 14.5. The second-order valence-corrected chi connectivity index (χ2v) is 3.73. The molecule has 7 heteroatoms. The molecule has 0 unspecified atom stereocenters. The molecule has 1 aromatic heterocycles. The number of nitrogens with one attached hydrogen (secondary N) is 1. The highest BCUT2D eigenvalue weighted by molar-refractivity contribution is 6.03. The minimum Gasteiger partial charge on any atom is -0.408 e. The summed E-state index contributed by atoms with van der Waals surface area (Å²) < 4.78 is 18.7. The molecular weight excluding hydrogens is 265 g/mol. The molecule has 2 N–H and O–H groups in total. The topological polar surface area (TPSA) is 88.2 Å². The number of aromatic nitrogens is 2. The number of carbonyl (C=O) groups is 1. The number of carbonyl (C=O) groups excluding carboxylic acids is 1. The van der Waals surface area contributed by atoms with E-state index in [4.69, 9.17) is 9.52 Å². The van der Waals surface area contributed by atoms with Crippen molar-refractivity contribution in [2.75, 3.05) is 11.9 Å². The van der Waals surface area contributed by atoms with Crippen LogP contribution in [-0.2, 0) is 0 Å². The SMILES string of the molecule is Cc1nnc(NC(=O)c2ccc(C#CCO)cc2F)o1. The molecule has 0 fully saturated rings. The van der Waals surface area contributed by atoms with Gasteiger partial charge < -0.3 is 9.52 Å². The summed E-state index contributed by atoms with van der Waals surface area (Å²) in [5.74, 6) is 3.78. The van der Waals surface area contributed by atoms with Crippen molar-refractivity contribution in [3.63, 3.8) is 0 Å². The number of hydrogen-bond acceptors (Lipinski definition) is 5. The Morgan fingerprint density at radius 2 is 2.30 bits per heavy atom. The molecule has 2 aromatic rings. The van der Waals surface area contributed by atoms with Crippen LogP contribution in [0.15, 0.2) is 22.6 Å². The van der Waals surface area contributed by atoms with E-state index in [9.17, 15) is 9.18 Å². The van der Waals surface area contributed by atoms with Gasteiger partial charge in [0.15, 0.2) is 0 Å². The standard InChI is InChI=1S/C13H10FN3O3/c1-8-16-17-13(20-8)15-12(19)10-5-4-9(3-2-6-18)7-11(10)14/h4-5,7,18H,6H2,1H3,(H,15,17,19). The number of rotatable bonds is 2. The van der Waals surface area contributed by atoms with Crippen LogP contribution < -0.4 is 5.32 Å². The number of aryl methyl sites for hydroxylation is 1. The minimum atomic E-state index is -0.733. The van der Waals surface area contributed by atoms with Crippen LogP contribution in [0.25, 0.3) is 0 Å². The van der Waals surface area contributed by atoms with Crippen LogP contribution in [0.4, 0.5) is 10.4 Å². The van der Waals surface area contributed by atoms with Gasteiger partial charge in [0, 0.05) is 12.5 Å². The number of aliphatic hydroxyl groups is 1. The molecule has 0 spiro atoms. The van der Waals surface area contributed by atoms with Gasteiger partial charge in [-0.1, -0.05) is 16.9 Å². The number of anilines is 1. The number of aliphatic hydroxyl groups excluding tert-OH is 1. The van der Waals surface area contributed by atoms with E-state index in [1.54, 1.807) is 6.92 Å². The van der Waals surface area contributed by atoms with E-state index in [-0.39, 0.29) is 24.1 Å². The molecule has 0 radical (unpaired) electrons. The van der Waals surface area contributed by atoms with E-state index in [2.05, 4.69) is 27.4 Å². The molecule has 2 rings (SSSR count). The lowest BCUT2D eigenvalue weighted by Gasteiger charge is -2.02. The summed E-state index contributed by atoms with van der Waals surface area (Å²) >= 11 is 0. The predicted octanol–water partition coefficient (Wildman–Crippen LogP) is 1.11. The lowest BCUT2D eigenvalue weighted by molar-refractivity contribution is 0.102. The zero-order valence-electron chi connectivity index (χ0n) is 10.5. The fourth-order valence-electron chi connectivity index (χ4n) is 1.43. The Morgan fingerprint density at radius 3 is 2.90 bits per heavy atom. The van der Waals surface area contributed by atoms with Gasteiger partial charge in [-0.25, -0.2) is 4.39 Å². The van der Waals surface area contributed by atoms with E-state index in [0.29, 0.717) is 5.56 Å². The Bertz CT molecular complexity index is 700. The van der Waals surface area contributed by atoms with Gasteiger partial charge in [-0.05, 0) is 18.2 Å². The normalized spacial score (nSPS) is 9.75. The molecule has 0 aliphatic rings. The maximum atomic E-state index is 13.8. The lowest BCUT2D eigenvalue weighted by Crippen LogP contribution is -2.14. The van der Waals surface area contributed by atoms with Gasteiger partial charge in [-0.15, -0.1) is 5.10 Å². The van der Waals surface area contributed by atoms with Crippen LogP contribution in [-0.4, -0.2) is 27.8 Å². The van der Waals surface area contributed by atoms with Gasteiger partial charge in [0.25, 0.3) is 5.91 Å². The molecule has 1 aromatic carbocycles. The van der Waals surface area contributed by atoms with Crippen molar-refractivity contribution in [3.05, 3.63) is 41.0 Å². The maximum absolute atomic E-state index is 13.8. The largest absolute Gasteiger partial charge is 0.408 e. The Balaban J connectivity index is 2.18. The quantitative estimate of drug-likeness (QED) is 0.802. The second-order valence-electron chi connectivity index (χ2n) is 3.73. The summed E-state index contributed by atoms with van der Waals surface area (Å²) in [6, 6.07) is 3.77. The van der Waals surface area contributed by atoms with Crippen molar-refractivity contribution in [2.45, 2.75) is 6.92 Å². The molecule has 1 amide bonds. The summed E-state index contributed by atoms with van der Waals surface area (Å²) in [5, 5.41) is 18.0. The van der Waals surface area contributed by atoms with Crippen molar-refractivity contribution in [1.82, 2.24) is 10.2 Å². The third-order valence-corrected chi connectivity index (χ3v) is 2.27. The highest BCUT2D eigenvalue weighted by Gasteiger charge is 2.14. The minimum absolute atomic E-state index is 0.101. The molecule has 0 atom stereocenters. The van der Waals surface area contributed by atoms with E-state index in [1.807, 2.05) is 0 Å².